The quantitative estimate of drug-likeness (QED) is 0.842. The molecule has 24 heavy (non-hydrogen) atoms. The van der Waals surface area contributed by atoms with Gasteiger partial charge in [0, 0.05) is 19.4 Å². The van der Waals surface area contributed by atoms with E-state index >= 15 is 0 Å². The van der Waals surface area contributed by atoms with E-state index in [2.05, 4.69) is 0 Å². The molecule has 6 atom stereocenters. The SMILES string of the molecule is CO[C@]12C[C@@H]3[C@@]1(COC(=O)c1ccccc1)[C@H]1O[C@]3(O)C[C@]2(C)O1. The van der Waals surface area contributed by atoms with Gasteiger partial charge in [0.25, 0.3) is 0 Å². The number of methoxy groups -OCH3 is 1. The van der Waals surface area contributed by atoms with Gasteiger partial charge in [0.05, 0.1) is 11.0 Å². The maximum absolute atomic E-state index is 12.3. The number of carbonyl (C=O) groups is 1. The number of hydrogen-bond acceptors (Lipinski definition) is 6. The summed E-state index contributed by atoms with van der Waals surface area (Å²) in [5.41, 5.74) is -1.37. The van der Waals surface area contributed by atoms with Crippen LogP contribution in [-0.2, 0) is 18.9 Å². The molecule has 6 aliphatic rings. The normalized spacial score (nSPS) is 50.0. The van der Waals surface area contributed by atoms with E-state index in [1.807, 2.05) is 13.0 Å². The van der Waals surface area contributed by atoms with Crippen molar-refractivity contribution in [3.8, 4) is 0 Å². The van der Waals surface area contributed by atoms with Crippen LogP contribution in [0.5, 0.6) is 0 Å². The van der Waals surface area contributed by atoms with Crippen molar-refractivity contribution in [1.82, 2.24) is 0 Å². The van der Waals surface area contributed by atoms with Gasteiger partial charge in [0.15, 0.2) is 12.1 Å². The van der Waals surface area contributed by atoms with Gasteiger partial charge >= 0.3 is 5.97 Å². The van der Waals surface area contributed by atoms with Crippen LogP contribution in [-0.4, -0.2) is 48.1 Å². The molecule has 3 saturated heterocycles. The number of benzene rings is 1. The Morgan fingerprint density at radius 2 is 2.08 bits per heavy atom. The van der Waals surface area contributed by atoms with Crippen LogP contribution in [0.15, 0.2) is 30.3 Å². The second-order valence-corrected chi connectivity index (χ2v) is 7.59. The summed E-state index contributed by atoms with van der Waals surface area (Å²) >= 11 is 0. The van der Waals surface area contributed by atoms with E-state index in [4.69, 9.17) is 18.9 Å². The standard InChI is InChI=1S/C18H20O6/c1-15-9-17(20)12-8-18(15,21-2)16(12,14(23-15)24-17)10-22-13(19)11-6-4-3-5-7-11/h3-7,12,14,20H,8-10H2,1-2H3/t12-,14-,15+,16+,17-,18+/m1/s1. The first-order valence-corrected chi connectivity index (χ1v) is 8.26. The van der Waals surface area contributed by atoms with E-state index in [9.17, 15) is 9.90 Å². The molecular weight excluding hydrogens is 312 g/mol. The first-order valence-electron chi connectivity index (χ1n) is 8.26. The van der Waals surface area contributed by atoms with Crippen molar-refractivity contribution in [3.63, 3.8) is 0 Å². The predicted molar refractivity (Wildman–Crippen MR) is 80.9 cm³/mol. The van der Waals surface area contributed by atoms with Crippen LogP contribution in [0.4, 0.5) is 0 Å². The fraction of sp³-hybridized carbons (Fsp3) is 0.611. The van der Waals surface area contributed by atoms with Crippen LogP contribution in [0.3, 0.4) is 0 Å². The van der Waals surface area contributed by atoms with Crippen LogP contribution in [0.1, 0.15) is 30.1 Å². The highest BCUT2D eigenvalue weighted by Crippen LogP contribution is 2.81. The van der Waals surface area contributed by atoms with Crippen LogP contribution in [0.25, 0.3) is 0 Å². The summed E-state index contributed by atoms with van der Waals surface area (Å²) in [6.07, 6.45) is 0.419. The molecule has 3 aliphatic heterocycles. The molecule has 6 nitrogen and oxygen atoms in total. The zero-order valence-corrected chi connectivity index (χ0v) is 13.7. The van der Waals surface area contributed by atoms with Gasteiger partial charge < -0.3 is 24.1 Å². The van der Waals surface area contributed by atoms with Gasteiger partial charge in [-0.3, -0.25) is 0 Å². The van der Waals surface area contributed by atoms with Crippen molar-refractivity contribution in [1.29, 1.82) is 0 Å². The molecule has 128 valence electrons. The molecule has 6 fully saturated rings. The van der Waals surface area contributed by atoms with Gasteiger partial charge in [0.1, 0.15) is 17.8 Å². The van der Waals surface area contributed by atoms with Crippen LogP contribution in [0.2, 0.25) is 0 Å². The maximum atomic E-state index is 12.3. The van der Waals surface area contributed by atoms with Gasteiger partial charge in [-0.2, -0.15) is 0 Å². The van der Waals surface area contributed by atoms with Crippen molar-refractivity contribution in [2.45, 2.75) is 43.0 Å². The topological polar surface area (TPSA) is 74.2 Å². The Hall–Kier alpha value is -1.47. The average molecular weight is 332 g/mol. The summed E-state index contributed by atoms with van der Waals surface area (Å²) in [7, 11) is 1.66. The fourth-order valence-electron chi connectivity index (χ4n) is 5.72. The van der Waals surface area contributed by atoms with Gasteiger partial charge in [0.2, 0.25) is 0 Å². The summed E-state index contributed by atoms with van der Waals surface area (Å²) < 4.78 is 23.4. The average Bonchev–Trinajstić information content (AvgIpc) is 2.73. The Morgan fingerprint density at radius 1 is 1.33 bits per heavy atom. The molecule has 7 rings (SSSR count). The van der Waals surface area contributed by atoms with Crippen molar-refractivity contribution in [3.05, 3.63) is 35.9 Å². The minimum absolute atomic E-state index is 0.113. The molecular formula is C18H20O6. The lowest BCUT2D eigenvalue weighted by Gasteiger charge is -2.66. The van der Waals surface area contributed by atoms with E-state index in [1.54, 1.807) is 31.4 Å². The van der Waals surface area contributed by atoms with E-state index in [1.165, 1.54) is 0 Å². The Morgan fingerprint density at radius 3 is 2.79 bits per heavy atom. The first-order chi connectivity index (χ1) is 11.4. The lowest BCUT2D eigenvalue weighted by Crippen LogP contribution is -2.79. The first kappa shape index (κ1) is 14.8. The van der Waals surface area contributed by atoms with Crippen molar-refractivity contribution >= 4 is 5.97 Å². The Labute approximate surface area is 139 Å². The van der Waals surface area contributed by atoms with E-state index < -0.39 is 28.7 Å². The van der Waals surface area contributed by atoms with Gasteiger partial charge in [-0.1, -0.05) is 18.2 Å². The highest BCUT2D eigenvalue weighted by Gasteiger charge is 2.94. The summed E-state index contributed by atoms with van der Waals surface area (Å²) in [6, 6.07) is 8.87. The Balaban J connectivity index is 1.47. The molecule has 0 unspecified atom stereocenters. The Bertz CT molecular complexity index is 721. The molecule has 0 spiro atoms. The number of rotatable bonds is 4. The van der Waals surface area contributed by atoms with E-state index in [-0.39, 0.29) is 18.5 Å². The highest BCUT2D eigenvalue weighted by atomic mass is 16.8. The maximum Gasteiger partial charge on any atom is 0.338 e. The number of hydrogen-bond donors (Lipinski definition) is 1. The largest absolute Gasteiger partial charge is 0.461 e. The van der Waals surface area contributed by atoms with Crippen LogP contribution >= 0.6 is 0 Å². The second-order valence-electron chi connectivity index (χ2n) is 7.59. The molecule has 6 heteroatoms. The van der Waals surface area contributed by atoms with Crippen molar-refractivity contribution in [2.75, 3.05) is 13.7 Å². The minimum atomic E-state index is -1.21. The molecule has 0 aromatic heterocycles. The van der Waals surface area contributed by atoms with E-state index in [0.29, 0.717) is 18.4 Å². The van der Waals surface area contributed by atoms with Crippen molar-refractivity contribution in [2.24, 2.45) is 11.3 Å². The zero-order chi connectivity index (χ0) is 16.8. The molecule has 3 aliphatic carbocycles. The third-order valence-corrected chi connectivity index (χ3v) is 6.75. The van der Waals surface area contributed by atoms with Gasteiger partial charge in [-0.25, -0.2) is 4.79 Å². The molecule has 1 aromatic rings. The predicted octanol–water partition coefficient (Wildman–Crippen LogP) is 1.47. The van der Waals surface area contributed by atoms with Crippen molar-refractivity contribution < 1.29 is 28.8 Å². The van der Waals surface area contributed by atoms with Crippen LogP contribution < -0.4 is 0 Å². The molecule has 1 N–H and O–H groups in total. The summed E-state index contributed by atoms with van der Waals surface area (Å²) in [6.45, 7) is 2.06. The molecule has 0 amide bonds. The number of ether oxygens (including phenoxy) is 4. The summed E-state index contributed by atoms with van der Waals surface area (Å²) in [4.78, 5) is 12.3. The Kier molecular flexibility index (Phi) is 2.59. The van der Waals surface area contributed by atoms with Gasteiger partial charge in [-0.05, 0) is 25.5 Å². The monoisotopic (exact) mass is 332 g/mol. The second kappa shape index (κ2) is 4.19. The molecule has 6 bridgehead atoms. The number of aliphatic hydroxyl groups is 1. The number of carbonyl (C=O) groups excluding carboxylic acids is 1. The minimum Gasteiger partial charge on any atom is -0.461 e. The summed E-state index contributed by atoms with van der Waals surface area (Å²) in [5, 5.41) is 10.9. The summed E-state index contributed by atoms with van der Waals surface area (Å²) in [5.74, 6) is -1.75. The smallest absolute Gasteiger partial charge is 0.338 e. The highest BCUT2D eigenvalue weighted by molar-refractivity contribution is 5.89. The zero-order valence-electron chi connectivity index (χ0n) is 13.7. The molecule has 1 aromatic carbocycles. The fourth-order valence-corrected chi connectivity index (χ4v) is 5.72. The molecule has 3 heterocycles. The molecule has 0 radical (unpaired) electrons. The lowest BCUT2D eigenvalue weighted by molar-refractivity contribution is -0.387. The van der Waals surface area contributed by atoms with E-state index in [0.717, 1.165) is 0 Å². The molecule has 3 saturated carbocycles. The lowest BCUT2D eigenvalue weighted by atomic mass is 9.41. The van der Waals surface area contributed by atoms with Crippen LogP contribution in [0, 0.1) is 11.3 Å². The third kappa shape index (κ3) is 1.34. The number of esters is 1. The van der Waals surface area contributed by atoms with Gasteiger partial charge in [-0.15, -0.1) is 0 Å². The third-order valence-electron chi connectivity index (χ3n) is 6.75.